The van der Waals surface area contributed by atoms with Crippen molar-refractivity contribution in [3.8, 4) is 12.0 Å². The van der Waals surface area contributed by atoms with Crippen LogP contribution in [0.1, 0.15) is 13.8 Å². The minimum atomic E-state index is -3.89. The number of rotatable bonds is 6. The molecule has 30 heavy (non-hydrogen) atoms. The summed E-state index contributed by atoms with van der Waals surface area (Å²) in [7, 11) is -3.89. The highest BCUT2D eigenvalue weighted by Crippen LogP contribution is 2.54. The van der Waals surface area contributed by atoms with E-state index in [1.54, 1.807) is 6.08 Å². The summed E-state index contributed by atoms with van der Waals surface area (Å²) in [6, 6.07) is -0.307. The standard InChI is InChI=1S/C15H18N5O9P/c1-6(2)3-4-24-13-9(22)10(7(5-21)25-13)26-14-16-11-8-12(17-14)19-28-30(23)27-15(18-11)20(8)29-30/h3-4,6-7,9-10,13,21-22H,5H2,1-2H3,(H,16,17,19)/b4-3+/t7-,9-,10-,13-,30?/m1/s1. The molecular formula is C15H18N5O9P. The van der Waals surface area contributed by atoms with Gasteiger partial charge in [-0.3, -0.25) is 4.62 Å². The summed E-state index contributed by atoms with van der Waals surface area (Å²) in [4.78, 5) is 12.4. The molecule has 5 rings (SSSR count). The average Bonchev–Trinajstić information content (AvgIpc) is 3.25. The summed E-state index contributed by atoms with van der Waals surface area (Å²) in [5.74, 6) is 0.312. The van der Waals surface area contributed by atoms with Crippen molar-refractivity contribution in [3.05, 3.63) is 12.3 Å². The van der Waals surface area contributed by atoms with Crippen molar-refractivity contribution < 1.29 is 42.8 Å². The Morgan fingerprint density at radius 3 is 2.97 bits per heavy atom. The van der Waals surface area contributed by atoms with Crippen LogP contribution in [0, 0.1) is 5.92 Å². The fourth-order valence-corrected chi connectivity index (χ4v) is 4.01. The maximum absolute atomic E-state index is 12.2. The first-order valence-corrected chi connectivity index (χ1v) is 10.5. The summed E-state index contributed by atoms with van der Waals surface area (Å²) in [5, 5.41) is 20.2. The van der Waals surface area contributed by atoms with E-state index >= 15 is 0 Å². The lowest BCUT2D eigenvalue weighted by Crippen LogP contribution is -2.39. The van der Waals surface area contributed by atoms with Crippen LogP contribution in [0.25, 0.3) is 11.2 Å². The molecule has 2 bridgehead atoms. The Hall–Kier alpha value is -2.64. The van der Waals surface area contributed by atoms with E-state index < -0.39 is 39.0 Å². The van der Waals surface area contributed by atoms with Gasteiger partial charge in [-0.25, -0.2) is 10.0 Å². The van der Waals surface area contributed by atoms with E-state index in [2.05, 4.69) is 20.4 Å². The van der Waals surface area contributed by atoms with E-state index in [9.17, 15) is 14.8 Å². The predicted molar refractivity (Wildman–Crippen MR) is 96.1 cm³/mol. The Bertz CT molecular complexity index is 1060. The third kappa shape index (κ3) is 3.13. The molecule has 0 aliphatic carbocycles. The molecule has 15 heteroatoms. The number of hydrogen-bond acceptors (Lipinski definition) is 13. The van der Waals surface area contributed by atoms with Crippen molar-refractivity contribution in [2.24, 2.45) is 5.92 Å². The number of nitrogens with one attached hydrogen (secondary N) is 1. The van der Waals surface area contributed by atoms with Gasteiger partial charge in [-0.1, -0.05) is 13.8 Å². The zero-order valence-electron chi connectivity index (χ0n) is 15.7. The van der Waals surface area contributed by atoms with E-state index in [1.807, 2.05) is 13.8 Å². The van der Waals surface area contributed by atoms with E-state index in [1.165, 1.54) is 6.26 Å². The molecule has 2 aromatic rings. The van der Waals surface area contributed by atoms with Gasteiger partial charge in [0.25, 0.3) is 0 Å². The second-order valence-corrected chi connectivity index (χ2v) is 8.46. The van der Waals surface area contributed by atoms with Crippen molar-refractivity contribution in [3.63, 3.8) is 0 Å². The highest BCUT2D eigenvalue weighted by molar-refractivity contribution is 7.49. The minimum Gasteiger partial charge on any atom is -0.470 e. The van der Waals surface area contributed by atoms with Gasteiger partial charge in [0.05, 0.1) is 12.9 Å². The van der Waals surface area contributed by atoms with E-state index in [0.29, 0.717) is 0 Å². The van der Waals surface area contributed by atoms with Crippen LogP contribution in [-0.4, -0.2) is 61.1 Å². The predicted octanol–water partition coefficient (Wildman–Crippen LogP) is 0.124. The number of hydrogen-bond donors (Lipinski definition) is 3. The lowest BCUT2D eigenvalue weighted by atomic mass is 10.1. The number of anilines is 1. The summed E-state index contributed by atoms with van der Waals surface area (Å²) in [6.45, 7) is 3.50. The lowest BCUT2D eigenvalue weighted by Gasteiger charge is -2.19. The highest BCUT2D eigenvalue weighted by Gasteiger charge is 2.48. The molecule has 162 valence electrons. The van der Waals surface area contributed by atoms with Crippen LogP contribution in [0.15, 0.2) is 12.3 Å². The Kier molecular flexibility index (Phi) is 4.48. The quantitative estimate of drug-likeness (QED) is 0.407. The number of ether oxygens (including phenoxy) is 3. The second-order valence-electron chi connectivity index (χ2n) is 7.04. The van der Waals surface area contributed by atoms with Crippen LogP contribution in [0.5, 0.6) is 12.0 Å². The van der Waals surface area contributed by atoms with E-state index in [4.69, 9.17) is 28.0 Å². The van der Waals surface area contributed by atoms with Crippen molar-refractivity contribution >= 4 is 24.8 Å². The van der Waals surface area contributed by atoms with Crippen molar-refractivity contribution in [2.75, 3.05) is 12.1 Å². The number of aromatic nitrogens is 4. The molecule has 5 atom stereocenters. The fourth-order valence-electron chi connectivity index (χ4n) is 3.04. The molecule has 0 amide bonds. The third-order valence-corrected chi connectivity index (χ3v) is 5.51. The first-order valence-electron chi connectivity index (χ1n) is 9.05. The van der Waals surface area contributed by atoms with Gasteiger partial charge in [-0.15, -0.1) is 9.35 Å². The molecule has 3 aliphatic rings. The fraction of sp³-hybridized carbons (Fsp3) is 0.533. The average molecular weight is 443 g/mol. The van der Waals surface area contributed by atoms with Gasteiger partial charge in [-0.05, 0) is 12.0 Å². The maximum Gasteiger partial charge on any atom is 0.632 e. The van der Waals surface area contributed by atoms with Gasteiger partial charge in [0.15, 0.2) is 29.2 Å². The SMILES string of the molecule is CC(C)/C=C/O[C@@H]1O[C@H](CO)[C@@H](Oc2nc3c4c(n2)nc2n4OP(=O)(ON3)O2)[C@H]1O. The summed E-state index contributed by atoms with van der Waals surface area (Å²) >= 11 is 0. The number of aliphatic hydroxyl groups is 2. The van der Waals surface area contributed by atoms with Crippen LogP contribution in [0.3, 0.4) is 0 Å². The molecule has 14 nitrogen and oxygen atoms in total. The normalized spacial score (nSPS) is 31.8. The molecule has 3 N–H and O–H groups in total. The van der Waals surface area contributed by atoms with Gasteiger partial charge in [0, 0.05) is 0 Å². The zero-order valence-corrected chi connectivity index (χ0v) is 16.6. The third-order valence-electron chi connectivity index (χ3n) is 4.44. The highest BCUT2D eigenvalue weighted by atomic mass is 31.2. The minimum absolute atomic E-state index is 0.0661. The molecule has 0 saturated carbocycles. The number of fused-ring (bicyclic) bond motifs is 1. The van der Waals surface area contributed by atoms with Gasteiger partial charge >= 0.3 is 19.8 Å². The first kappa shape index (κ1) is 19.3. The van der Waals surface area contributed by atoms with Crippen LogP contribution in [-0.2, 0) is 18.7 Å². The molecule has 0 aromatic carbocycles. The Labute approximate surface area is 168 Å². The van der Waals surface area contributed by atoms with Gasteiger partial charge in [0.2, 0.25) is 6.29 Å². The number of phosphoric acid groups is 1. The molecule has 3 aliphatic heterocycles. The summed E-state index contributed by atoms with van der Waals surface area (Å²) in [5.41, 5.74) is 2.72. The number of aliphatic hydroxyl groups excluding tert-OH is 2. The topological polar surface area (TPSA) is 169 Å². The zero-order chi connectivity index (χ0) is 21.0. The molecule has 1 unspecified atom stereocenters. The van der Waals surface area contributed by atoms with Crippen molar-refractivity contribution in [1.82, 2.24) is 19.7 Å². The van der Waals surface area contributed by atoms with E-state index in [0.717, 1.165) is 4.73 Å². The number of nitrogens with zero attached hydrogens (tertiary/aromatic N) is 4. The first-order chi connectivity index (χ1) is 14.4. The smallest absolute Gasteiger partial charge is 0.470 e. The van der Waals surface area contributed by atoms with Crippen molar-refractivity contribution in [1.29, 1.82) is 0 Å². The molecular weight excluding hydrogens is 425 g/mol. The Morgan fingerprint density at radius 2 is 2.20 bits per heavy atom. The van der Waals surface area contributed by atoms with Crippen LogP contribution >= 0.6 is 7.82 Å². The maximum atomic E-state index is 12.2. The van der Waals surface area contributed by atoms with Crippen LogP contribution < -0.4 is 19.4 Å². The summed E-state index contributed by atoms with van der Waals surface area (Å²) < 4.78 is 45.0. The van der Waals surface area contributed by atoms with E-state index in [-0.39, 0.29) is 34.9 Å². The second kappa shape index (κ2) is 6.96. The van der Waals surface area contributed by atoms with Crippen LogP contribution in [0.2, 0.25) is 0 Å². The van der Waals surface area contributed by atoms with Crippen LogP contribution in [0.4, 0.5) is 5.82 Å². The van der Waals surface area contributed by atoms with Gasteiger partial charge in [0.1, 0.15) is 6.10 Å². The summed E-state index contributed by atoms with van der Waals surface area (Å²) in [6.07, 6.45) is -1.00. The molecule has 2 aromatic heterocycles. The number of allylic oxidation sites excluding steroid dienone is 1. The molecule has 0 radical (unpaired) electrons. The van der Waals surface area contributed by atoms with Gasteiger partial charge < -0.3 is 28.9 Å². The largest absolute Gasteiger partial charge is 0.632 e. The molecule has 1 saturated heterocycles. The Balaban J connectivity index is 1.40. The molecule has 0 spiro atoms. The number of imidazole rings is 1. The van der Waals surface area contributed by atoms with Gasteiger partial charge in [-0.2, -0.15) is 15.0 Å². The molecule has 5 heterocycles. The van der Waals surface area contributed by atoms with Crippen molar-refractivity contribution in [2.45, 2.75) is 38.4 Å². The molecule has 1 fully saturated rings. The Morgan fingerprint density at radius 1 is 1.37 bits per heavy atom. The monoisotopic (exact) mass is 443 g/mol. The lowest BCUT2D eigenvalue weighted by molar-refractivity contribution is -0.138.